The molecule has 2 N–H and O–H groups in total. The molecule has 4 saturated heterocycles. The maximum Gasteiger partial charge on any atom is 0.318 e. The van der Waals surface area contributed by atoms with Crippen molar-refractivity contribution in [3.05, 3.63) is 40.1 Å². The topological polar surface area (TPSA) is 110 Å². The molecule has 228 valence electrons. The largest absolute Gasteiger partial charge is 0.461 e. The molecule has 0 radical (unpaired) electrons. The van der Waals surface area contributed by atoms with Gasteiger partial charge < -0.3 is 24.8 Å². The lowest BCUT2D eigenvalue weighted by Gasteiger charge is -2.56. The van der Waals surface area contributed by atoms with E-state index in [2.05, 4.69) is 28.9 Å². The highest BCUT2D eigenvalue weighted by Gasteiger charge is 2.52. The van der Waals surface area contributed by atoms with E-state index in [1.54, 1.807) is 0 Å². The molecule has 4 fully saturated rings. The highest BCUT2D eigenvalue weighted by molar-refractivity contribution is 5.64. The molecule has 10 heteroatoms. The molecule has 9 nitrogen and oxygen atoms in total. The van der Waals surface area contributed by atoms with Crippen LogP contribution in [0.25, 0.3) is 0 Å². The number of nitrogens with zero attached hydrogens (tertiary/aromatic N) is 5. The molecule has 5 aliphatic heterocycles. The average Bonchev–Trinajstić information content (AvgIpc) is 3.53. The maximum absolute atomic E-state index is 14.5. The molecule has 43 heavy (non-hydrogen) atoms. The number of anilines is 2. The van der Waals surface area contributed by atoms with Gasteiger partial charge in [-0.1, -0.05) is 13.0 Å². The van der Waals surface area contributed by atoms with Gasteiger partial charge in [-0.25, -0.2) is 4.39 Å². The third-order valence-electron chi connectivity index (χ3n) is 11.5. The van der Waals surface area contributed by atoms with E-state index in [0.29, 0.717) is 62.4 Å². The Kier molecular flexibility index (Phi) is 6.41. The molecule has 6 aliphatic rings. The number of halogens is 1. The van der Waals surface area contributed by atoms with Crippen LogP contribution in [0.1, 0.15) is 92.2 Å². The molecule has 2 aromatic rings. The SMILES string of the molecule is C[C@H]1CC[C@]2(Cc3nc(OC[C@@]45CCCN4C[C@H](F)C5)nc(N4CC[C@@]45CCCOC5)c3CO2)c2c1ccc(N)c2C#N. The first-order valence-corrected chi connectivity index (χ1v) is 16.1. The quantitative estimate of drug-likeness (QED) is 0.516. The van der Waals surface area contributed by atoms with Gasteiger partial charge in [-0.3, -0.25) is 4.90 Å². The molecule has 5 atom stereocenters. The van der Waals surface area contributed by atoms with Gasteiger partial charge in [-0.05, 0) is 69.0 Å². The predicted molar refractivity (Wildman–Crippen MR) is 159 cm³/mol. The number of aromatic nitrogens is 2. The number of alkyl halides is 1. The van der Waals surface area contributed by atoms with Crippen LogP contribution in [-0.4, -0.2) is 71.6 Å². The molecule has 0 bridgehead atoms. The minimum atomic E-state index is -0.816. The first-order valence-electron chi connectivity index (χ1n) is 16.1. The summed E-state index contributed by atoms with van der Waals surface area (Å²) >= 11 is 0. The smallest absolute Gasteiger partial charge is 0.318 e. The fraction of sp³-hybridized carbons (Fsp3) is 0.667. The molecule has 8 rings (SSSR count). The molecule has 0 amide bonds. The second-order valence-electron chi connectivity index (χ2n) is 13.9. The van der Waals surface area contributed by atoms with Crippen molar-refractivity contribution in [2.24, 2.45) is 0 Å². The number of hydrogen-bond acceptors (Lipinski definition) is 9. The van der Waals surface area contributed by atoms with Crippen molar-refractivity contribution in [1.29, 1.82) is 5.26 Å². The summed E-state index contributed by atoms with van der Waals surface area (Å²) in [6.07, 6.45) is 7.10. The van der Waals surface area contributed by atoms with Gasteiger partial charge in [0.2, 0.25) is 0 Å². The van der Waals surface area contributed by atoms with Gasteiger partial charge in [0.1, 0.15) is 30.3 Å². The van der Waals surface area contributed by atoms with E-state index in [1.165, 1.54) is 0 Å². The normalized spacial score (nSPS) is 34.9. The number of ether oxygens (including phenoxy) is 3. The zero-order valence-electron chi connectivity index (χ0n) is 25.0. The highest BCUT2D eigenvalue weighted by Crippen LogP contribution is 2.52. The Labute approximate surface area is 252 Å². The van der Waals surface area contributed by atoms with Gasteiger partial charge in [0, 0.05) is 49.4 Å². The van der Waals surface area contributed by atoms with Crippen molar-refractivity contribution < 1.29 is 18.6 Å². The monoisotopic (exact) mass is 588 g/mol. The molecule has 0 saturated carbocycles. The van der Waals surface area contributed by atoms with E-state index in [0.717, 1.165) is 92.8 Å². The number of nitriles is 1. The van der Waals surface area contributed by atoms with E-state index < -0.39 is 11.8 Å². The summed E-state index contributed by atoms with van der Waals surface area (Å²) in [6, 6.07) is 6.66. The van der Waals surface area contributed by atoms with Crippen molar-refractivity contribution in [3.63, 3.8) is 0 Å². The summed E-state index contributed by atoms with van der Waals surface area (Å²) in [5, 5.41) is 10.2. The van der Waals surface area contributed by atoms with Crippen LogP contribution in [0, 0.1) is 11.3 Å². The van der Waals surface area contributed by atoms with E-state index in [-0.39, 0.29) is 11.1 Å². The summed E-state index contributed by atoms with van der Waals surface area (Å²) in [7, 11) is 0. The Morgan fingerprint density at radius 3 is 2.88 bits per heavy atom. The van der Waals surface area contributed by atoms with Gasteiger partial charge in [-0.15, -0.1) is 0 Å². The van der Waals surface area contributed by atoms with Crippen LogP contribution < -0.4 is 15.4 Å². The number of hydrogen-bond donors (Lipinski definition) is 1. The molecule has 1 aromatic carbocycles. The zero-order chi connectivity index (χ0) is 29.4. The molecular weight excluding hydrogens is 547 g/mol. The zero-order valence-corrected chi connectivity index (χ0v) is 25.0. The Balaban J connectivity index is 1.19. The minimum Gasteiger partial charge on any atom is -0.461 e. The van der Waals surface area contributed by atoms with Crippen molar-refractivity contribution in [3.8, 4) is 12.1 Å². The van der Waals surface area contributed by atoms with E-state index in [9.17, 15) is 9.65 Å². The minimum absolute atomic E-state index is 0.0596. The lowest BCUT2D eigenvalue weighted by molar-refractivity contribution is -0.0876. The second kappa shape index (κ2) is 10.0. The van der Waals surface area contributed by atoms with Crippen LogP contribution in [-0.2, 0) is 28.1 Å². The summed E-state index contributed by atoms with van der Waals surface area (Å²) in [5.74, 6) is 1.18. The average molecular weight is 589 g/mol. The molecule has 6 heterocycles. The van der Waals surface area contributed by atoms with Crippen LogP contribution in [0.15, 0.2) is 12.1 Å². The Morgan fingerprint density at radius 2 is 2.09 bits per heavy atom. The van der Waals surface area contributed by atoms with Gasteiger partial charge in [0.05, 0.1) is 35.5 Å². The number of fused-ring (bicyclic) bond motifs is 4. The third-order valence-corrected chi connectivity index (χ3v) is 11.5. The number of rotatable bonds is 4. The fourth-order valence-electron chi connectivity index (χ4n) is 9.08. The van der Waals surface area contributed by atoms with Crippen LogP contribution in [0.5, 0.6) is 6.01 Å². The summed E-state index contributed by atoms with van der Waals surface area (Å²) in [5.41, 5.74) is 10.3. The van der Waals surface area contributed by atoms with Gasteiger partial charge >= 0.3 is 6.01 Å². The summed E-state index contributed by atoms with van der Waals surface area (Å²) < 4.78 is 33.8. The molecule has 1 aliphatic carbocycles. The lowest BCUT2D eigenvalue weighted by Crippen LogP contribution is -2.65. The van der Waals surface area contributed by atoms with E-state index in [4.69, 9.17) is 29.9 Å². The number of nitrogen functional groups attached to an aromatic ring is 1. The second-order valence-corrected chi connectivity index (χ2v) is 13.9. The highest BCUT2D eigenvalue weighted by atomic mass is 19.1. The predicted octanol–water partition coefficient (Wildman–Crippen LogP) is 4.51. The first kappa shape index (κ1) is 27.5. The molecule has 2 spiro atoms. The molecular formula is C33H41FN6O3. The first-order chi connectivity index (χ1) is 20.9. The van der Waals surface area contributed by atoms with Crippen LogP contribution in [0.3, 0.4) is 0 Å². The van der Waals surface area contributed by atoms with Crippen LogP contribution >= 0.6 is 0 Å². The van der Waals surface area contributed by atoms with Crippen molar-refractivity contribution in [2.75, 3.05) is 50.1 Å². The molecule has 0 unspecified atom stereocenters. The maximum atomic E-state index is 14.5. The summed E-state index contributed by atoms with van der Waals surface area (Å²) in [6.45, 7) is 6.74. The Bertz CT molecular complexity index is 1490. The van der Waals surface area contributed by atoms with Crippen LogP contribution in [0.4, 0.5) is 15.9 Å². The number of nitrogens with two attached hydrogens (primary N) is 1. The summed E-state index contributed by atoms with van der Waals surface area (Å²) in [4.78, 5) is 14.8. The van der Waals surface area contributed by atoms with Gasteiger partial charge in [-0.2, -0.15) is 15.2 Å². The van der Waals surface area contributed by atoms with E-state index >= 15 is 0 Å². The van der Waals surface area contributed by atoms with Crippen molar-refractivity contribution >= 4 is 11.5 Å². The Hall–Kier alpha value is -3.00. The lowest BCUT2D eigenvalue weighted by atomic mass is 9.69. The van der Waals surface area contributed by atoms with Crippen LogP contribution in [0.2, 0.25) is 0 Å². The Morgan fingerprint density at radius 1 is 1.19 bits per heavy atom. The van der Waals surface area contributed by atoms with E-state index in [1.807, 2.05) is 6.07 Å². The molecule has 1 aromatic heterocycles. The van der Waals surface area contributed by atoms with Crippen molar-refractivity contribution in [1.82, 2.24) is 14.9 Å². The third kappa shape index (κ3) is 4.18. The standard InChI is InChI=1S/C33H41FN6O3/c1-21-6-9-33(28-23(21)4-5-26(36)24(28)16-35)15-27-25(18-43-33)29(40-12-10-31(40)8-3-13-41-19-31)38-30(37-27)42-20-32-7-2-11-39(32)17-22(34)14-32/h4-5,21-22H,2-3,6-15,17-20,36H2,1H3/t21-,22+,31+,32-,33-/m0/s1. The van der Waals surface area contributed by atoms with Crippen molar-refractivity contribution in [2.45, 2.75) is 100 Å². The fourth-order valence-corrected chi connectivity index (χ4v) is 9.08. The van der Waals surface area contributed by atoms with Gasteiger partial charge in [0.25, 0.3) is 0 Å². The van der Waals surface area contributed by atoms with Gasteiger partial charge in [0.15, 0.2) is 0 Å². The number of benzene rings is 1.